The summed E-state index contributed by atoms with van der Waals surface area (Å²) in [6.45, 7) is -0.369. The van der Waals surface area contributed by atoms with E-state index < -0.39 is 4.92 Å². The van der Waals surface area contributed by atoms with Gasteiger partial charge < -0.3 is 16.8 Å². The van der Waals surface area contributed by atoms with E-state index in [1.54, 1.807) is 6.07 Å². The molecule has 0 atom stereocenters. The van der Waals surface area contributed by atoms with Crippen LogP contribution in [0.2, 0.25) is 0 Å². The number of amidine groups is 1. The molecule has 0 radical (unpaired) electrons. The molecule has 120 valence electrons. The maximum absolute atomic E-state index is 10.6. The second-order valence-corrected chi connectivity index (χ2v) is 5.26. The van der Waals surface area contributed by atoms with Crippen LogP contribution in [0, 0.1) is 10.1 Å². The lowest BCUT2D eigenvalue weighted by atomic mass is 10.1. The number of thiazole rings is 1. The summed E-state index contributed by atoms with van der Waals surface area (Å²) in [6, 6.07) is 7.30. The number of hydrogen-bond acceptors (Lipinski definition) is 6. The average Bonchev–Trinajstić information content (AvgIpc) is 2.94. The molecule has 1 aromatic heterocycles. The third kappa shape index (κ3) is 4.74. The number of guanidine groups is 1. The zero-order valence-electron chi connectivity index (χ0n) is 12.3. The van der Waals surface area contributed by atoms with Crippen molar-refractivity contribution in [3.05, 3.63) is 39.8 Å². The lowest BCUT2D eigenvalue weighted by molar-refractivity contribution is -0.463. The summed E-state index contributed by atoms with van der Waals surface area (Å²) in [7, 11) is 1.50. The zero-order chi connectivity index (χ0) is 16.8. The number of nitrogens with two attached hydrogens (primary N) is 2. The van der Waals surface area contributed by atoms with Gasteiger partial charge in [-0.3, -0.25) is 15.1 Å². The highest BCUT2D eigenvalue weighted by Crippen LogP contribution is 2.28. The maximum atomic E-state index is 10.6. The molecule has 2 aromatic rings. The number of aromatic nitrogens is 1. The van der Waals surface area contributed by atoms with Crippen LogP contribution < -0.4 is 16.8 Å². The maximum Gasteiger partial charge on any atom is 0.260 e. The van der Waals surface area contributed by atoms with E-state index >= 15 is 0 Å². The van der Waals surface area contributed by atoms with E-state index in [9.17, 15) is 10.1 Å². The average molecular weight is 333 g/mol. The first-order valence-corrected chi connectivity index (χ1v) is 7.36. The van der Waals surface area contributed by atoms with Crippen LogP contribution in [0.25, 0.3) is 11.3 Å². The van der Waals surface area contributed by atoms with Crippen molar-refractivity contribution < 1.29 is 4.92 Å². The first-order valence-electron chi connectivity index (χ1n) is 6.48. The number of hydrogen-bond donors (Lipinski definition) is 3. The highest BCUT2D eigenvalue weighted by atomic mass is 32.1. The molecule has 0 fully saturated rings. The molecule has 0 aliphatic heterocycles. The van der Waals surface area contributed by atoms with E-state index in [1.807, 2.05) is 23.6 Å². The summed E-state index contributed by atoms with van der Waals surface area (Å²) in [5.41, 5.74) is 12.9. The predicted octanol–water partition coefficient (Wildman–Crippen LogP) is 1.43. The van der Waals surface area contributed by atoms with Gasteiger partial charge in [0.15, 0.2) is 11.8 Å². The molecule has 0 bridgehead atoms. The fourth-order valence-electron chi connectivity index (χ4n) is 1.77. The van der Waals surface area contributed by atoms with Crippen LogP contribution in [0.1, 0.15) is 0 Å². The molecule has 0 saturated heterocycles. The molecule has 0 saturated carbocycles. The topological polar surface area (TPSA) is 145 Å². The Morgan fingerprint density at radius 3 is 2.91 bits per heavy atom. The quantitative estimate of drug-likeness (QED) is 0.326. The molecule has 0 aliphatic carbocycles. The van der Waals surface area contributed by atoms with Gasteiger partial charge in [0.05, 0.1) is 5.69 Å². The van der Waals surface area contributed by atoms with Crippen molar-refractivity contribution in [3.8, 4) is 11.3 Å². The Kier molecular flexibility index (Phi) is 5.20. The van der Waals surface area contributed by atoms with E-state index in [4.69, 9.17) is 11.5 Å². The van der Waals surface area contributed by atoms with Crippen LogP contribution in [0.5, 0.6) is 0 Å². The van der Waals surface area contributed by atoms with Crippen molar-refractivity contribution in [2.24, 2.45) is 21.5 Å². The molecule has 9 nitrogen and oxygen atoms in total. The van der Waals surface area contributed by atoms with Gasteiger partial charge in [-0.05, 0) is 12.1 Å². The first kappa shape index (κ1) is 16.4. The molecule has 1 heterocycles. The minimum absolute atomic E-state index is 0.0510. The highest BCUT2D eigenvalue weighted by molar-refractivity contribution is 7.13. The lowest BCUT2D eigenvalue weighted by Crippen LogP contribution is -2.22. The fourth-order valence-corrected chi connectivity index (χ4v) is 2.48. The van der Waals surface area contributed by atoms with Crippen molar-refractivity contribution in [2.75, 3.05) is 18.9 Å². The molecule has 5 N–H and O–H groups in total. The number of nitro groups is 1. The largest absolute Gasteiger partial charge is 0.370 e. The van der Waals surface area contributed by atoms with E-state index in [2.05, 4.69) is 20.3 Å². The zero-order valence-corrected chi connectivity index (χ0v) is 13.1. The second kappa shape index (κ2) is 7.31. The van der Waals surface area contributed by atoms with Gasteiger partial charge in [0.2, 0.25) is 5.13 Å². The van der Waals surface area contributed by atoms with Gasteiger partial charge in [-0.25, -0.2) is 4.98 Å². The van der Waals surface area contributed by atoms with Gasteiger partial charge in [-0.15, -0.1) is 11.3 Å². The highest BCUT2D eigenvalue weighted by Gasteiger charge is 2.09. The molecule has 0 spiro atoms. The summed E-state index contributed by atoms with van der Waals surface area (Å²) in [4.78, 5) is 22.2. The number of anilines is 1. The minimum atomic E-state index is -0.443. The van der Waals surface area contributed by atoms with Crippen molar-refractivity contribution in [1.29, 1.82) is 0 Å². The Hall–Kier alpha value is -3.01. The first-order chi connectivity index (χ1) is 11.0. The summed E-state index contributed by atoms with van der Waals surface area (Å²) >= 11 is 1.31. The van der Waals surface area contributed by atoms with Crippen molar-refractivity contribution >= 4 is 34.0 Å². The standard InChI is InChI=1S/C13H15N7O2S/c1-16-11(6-20(21)22)17-9-4-2-3-8(5-9)10-7-23-13(18-10)19-12(14)15/h2-5,7H,6H2,1H3,(H,16,17)(H4,14,15,18,19). The van der Waals surface area contributed by atoms with E-state index in [1.165, 1.54) is 18.4 Å². The lowest BCUT2D eigenvalue weighted by Gasteiger charge is -2.07. The van der Waals surface area contributed by atoms with Gasteiger partial charge in [0, 0.05) is 28.6 Å². The molecule has 2 rings (SSSR count). The number of benzene rings is 1. The summed E-state index contributed by atoms with van der Waals surface area (Å²) < 4.78 is 0. The normalized spacial score (nSPS) is 11.1. The fraction of sp³-hybridized carbons (Fsp3) is 0.154. The Bertz CT molecular complexity index is 765. The van der Waals surface area contributed by atoms with Crippen LogP contribution in [0.15, 0.2) is 39.6 Å². The Labute approximate surface area is 135 Å². The molecule has 0 amide bonds. The van der Waals surface area contributed by atoms with E-state index in [0.29, 0.717) is 16.5 Å². The molecular weight excluding hydrogens is 318 g/mol. The van der Waals surface area contributed by atoms with Crippen molar-refractivity contribution in [2.45, 2.75) is 0 Å². The number of aliphatic imine (C=N–C) groups is 2. The van der Waals surface area contributed by atoms with E-state index in [-0.39, 0.29) is 18.3 Å². The molecule has 23 heavy (non-hydrogen) atoms. The Morgan fingerprint density at radius 1 is 1.48 bits per heavy atom. The van der Waals surface area contributed by atoms with Gasteiger partial charge in [0.1, 0.15) is 0 Å². The van der Waals surface area contributed by atoms with Crippen molar-refractivity contribution in [3.63, 3.8) is 0 Å². The predicted molar refractivity (Wildman–Crippen MR) is 91.9 cm³/mol. The molecule has 10 heteroatoms. The molecular formula is C13H15N7O2S. The van der Waals surface area contributed by atoms with Gasteiger partial charge in [0.25, 0.3) is 6.54 Å². The van der Waals surface area contributed by atoms with Crippen LogP contribution in [-0.2, 0) is 0 Å². The number of rotatable bonds is 5. The van der Waals surface area contributed by atoms with Crippen LogP contribution in [0.4, 0.5) is 10.8 Å². The monoisotopic (exact) mass is 333 g/mol. The van der Waals surface area contributed by atoms with Crippen LogP contribution in [-0.4, -0.2) is 35.3 Å². The minimum Gasteiger partial charge on any atom is -0.370 e. The third-order valence-electron chi connectivity index (χ3n) is 2.71. The van der Waals surface area contributed by atoms with Gasteiger partial charge in [-0.1, -0.05) is 12.1 Å². The van der Waals surface area contributed by atoms with Gasteiger partial charge >= 0.3 is 0 Å². The van der Waals surface area contributed by atoms with Gasteiger partial charge in [-0.2, -0.15) is 4.99 Å². The van der Waals surface area contributed by atoms with Crippen molar-refractivity contribution in [1.82, 2.24) is 4.98 Å². The SMILES string of the molecule is CN=C(C[N+](=O)[O-])Nc1cccc(-c2csc(N=C(N)N)n2)c1. The summed E-state index contributed by atoms with van der Waals surface area (Å²) in [5, 5.41) is 15.8. The molecule has 0 unspecified atom stereocenters. The van der Waals surface area contributed by atoms with Crippen LogP contribution in [0.3, 0.4) is 0 Å². The smallest absolute Gasteiger partial charge is 0.260 e. The van der Waals surface area contributed by atoms with Crippen LogP contribution >= 0.6 is 11.3 Å². The molecule has 0 aliphatic rings. The Morgan fingerprint density at radius 2 is 2.26 bits per heavy atom. The number of nitrogens with one attached hydrogen (secondary N) is 1. The van der Waals surface area contributed by atoms with E-state index in [0.717, 1.165) is 5.56 Å². The number of nitrogens with zero attached hydrogens (tertiary/aromatic N) is 4. The third-order valence-corrected chi connectivity index (χ3v) is 3.45. The Balaban J connectivity index is 2.21. The summed E-state index contributed by atoms with van der Waals surface area (Å²) in [5.74, 6) is 0.219. The second-order valence-electron chi connectivity index (χ2n) is 4.42. The molecule has 1 aromatic carbocycles. The summed E-state index contributed by atoms with van der Waals surface area (Å²) in [6.07, 6.45) is 0.